The largest absolute Gasteiger partial charge is 0.391 e. The van der Waals surface area contributed by atoms with Crippen LogP contribution in [-0.2, 0) is 11.4 Å². The molecule has 0 aromatic heterocycles. The van der Waals surface area contributed by atoms with Crippen LogP contribution in [0.2, 0.25) is 0 Å². The van der Waals surface area contributed by atoms with Crippen LogP contribution in [0.5, 0.6) is 0 Å². The summed E-state index contributed by atoms with van der Waals surface area (Å²) in [7, 11) is 0. The van der Waals surface area contributed by atoms with Gasteiger partial charge in [-0.2, -0.15) is 0 Å². The highest BCUT2D eigenvalue weighted by molar-refractivity contribution is 5.78. The second kappa shape index (κ2) is 7.23. The molecule has 0 heterocycles. The first-order valence-corrected chi connectivity index (χ1v) is 7.26. The third-order valence-corrected chi connectivity index (χ3v) is 3.37. The van der Waals surface area contributed by atoms with Crippen molar-refractivity contribution in [2.75, 3.05) is 0 Å². The average Bonchev–Trinajstić information content (AvgIpc) is 2.61. The molecule has 2 heteroatoms. The molecule has 0 saturated carbocycles. The molecule has 3 aromatic carbocycles. The van der Waals surface area contributed by atoms with Gasteiger partial charge in [-0.15, -0.1) is 0 Å². The Hall–Kier alpha value is -2.87. The third-order valence-electron chi connectivity index (χ3n) is 3.37. The van der Waals surface area contributed by atoms with Crippen LogP contribution in [0.3, 0.4) is 0 Å². The summed E-state index contributed by atoms with van der Waals surface area (Å²) >= 11 is 0. The molecule has 3 aromatic rings. The zero-order valence-corrected chi connectivity index (χ0v) is 12.2. The van der Waals surface area contributed by atoms with E-state index in [1.54, 1.807) is 6.21 Å². The molecule has 0 spiro atoms. The van der Waals surface area contributed by atoms with Crippen LogP contribution in [0.4, 0.5) is 0 Å². The van der Waals surface area contributed by atoms with Gasteiger partial charge in [0.05, 0.1) is 6.21 Å². The molecule has 0 saturated heterocycles. The highest BCUT2D eigenvalue weighted by Crippen LogP contribution is 2.19. The van der Waals surface area contributed by atoms with E-state index in [1.807, 2.05) is 48.5 Å². The predicted molar refractivity (Wildman–Crippen MR) is 90.7 cm³/mol. The Labute approximate surface area is 130 Å². The molecule has 22 heavy (non-hydrogen) atoms. The fourth-order valence-electron chi connectivity index (χ4n) is 2.17. The molecule has 3 rings (SSSR count). The summed E-state index contributed by atoms with van der Waals surface area (Å²) in [6, 6.07) is 28.6. The minimum absolute atomic E-state index is 0.471. The van der Waals surface area contributed by atoms with Gasteiger partial charge in [0.25, 0.3) is 0 Å². The smallest absolute Gasteiger partial charge is 0.142 e. The van der Waals surface area contributed by atoms with Crippen LogP contribution in [0, 0.1) is 0 Å². The second-order valence-corrected chi connectivity index (χ2v) is 4.98. The summed E-state index contributed by atoms with van der Waals surface area (Å²) in [5.41, 5.74) is 4.56. The van der Waals surface area contributed by atoms with Gasteiger partial charge >= 0.3 is 0 Å². The molecular weight excluding hydrogens is 270 g/mol. The maximum atomic E-state index is 5.34. The van der Waals surface area contributed by atoms with E-state index in [4.69, 9.17) is 4.84 Å². The Bertz CT molecular complexity index is 719. The quantitative estimate of drug-likeness (QED) is 0.483. The van der Waals surface area contributed by atoms with Gasteiger partial charge in [0.1, 0.15) is 6.61 Å². The summed E-state index contributed by atoms with van der Waals surface area (Å²) in [6.07, 6.45) is 1.72. The molecule has 108 valence electrons. The monoisotopic (exact) mass is 287 g/mol. The van der Waals surface area contributed by atoms with Crippen molar-refractivity contribution in [3.05, 3.63) is 96.1 Å². The van der Waals surface area contributed by atoms with E-state index in [0.29, 0.717) is 6.61 Å². The van der Waals surface area contributed by atoms with Gasteiger partial charge in [0.2, 0.25) is 0 Å². The van der Waals surface area contributed by atoms with Crippen molar-refractivity contribution in [2.45, 2.75) is 6.61 Å². The highest BCUT2D eigenvalue weighted by Gasteiger charge is 1.97. The molecule has 0 amide bonds. The summed E-state index contributed by atoms with van der Waals surface area (Å²) in [5.74, 6) is 0. The van der Waals surface area contributed by atoms with Crippen LogP contribution in [-0.4, -0.2) is 6.21 Å². The van der Waals surface area contributed by atoms with Gasteiger partial charge in [-0.05, 0) is 22.3 Å². The molecule has 0 aliphatic rings. The number of rotatable bonds is 5. The average molecular weight is 287 g/mol. The summed E-state index contributed by atoms with van der Waals surface area (Å²) in [6.45, 7) is 0.471. The van der Waals surface area contributed by atoms with Gasteiger partial charge < -0.3 is 4.84 Å². The molecule has 0 atom stereocenters. The Morgan fingerprint density at radius 3 is 1.95 bits per heavy atom. The molecule has 0 N–H and O–H groups in total. The Morgan fingerprint density at radius 1 is 0.682 bits per heavy atom. The van der Waals surface area contributed by atoms with Gasteiger partial charge in [-0.1, -0.05) is 90.1 Å². The maximum Gasteiger partial charge on any atom is 0.142 e. The van der Waals surface area contributed by atoms with E-state index in [9.17, 15) is 0 Å². The topological polar surface area (TPSA) is 21.6 Å². The maximum absolute atomic E-state index is 5.34. The Balaban J connectivity index is 1.57. The number of nitrogens with zero attached hydrogens (tertiary/aromatic N) is 1. The van der Waals surface area contributed by atoms with E-state index in [1.165, 1.54) is 11.1 Å². The molecule has 0 fully saturated rings. The van der Waals surface area contributed by atoms with Crippen molar-refractivity contribution in [3.8, 4) is 11.1 Å². The number of hydrogen-bond acceptors (Lipinski definition) is 2. The number of hydrogen-bond donors (Lipinski definition) is 0. The van der Waals surface area contributed by atoms with Crippen LogP contribution < -0.4 is 0 Å². The first-order chi connectivity index (χ1) is 10.9. The van der Waals surface area contributed by atoms with Crippen molar-refractivity contribution in [3.63, 3.8) is 0 Å². The van der Waals surface area contributed by atoms with Crippen molar-refractivity contribution in [1.82, 2.24) is 0 Å². The van der Waals surface area contributed by atoms with E-state index < -0.39 is 0 Å². The second-order valence-electron chi connectivity index (χ2n) is 4.98. The minimum Gasteiger partial charge on any atom is -0.391 e. The van der Waals surface area contributed by atoms with E-state index in [0.717, 1.165) is 11.1 Å². The first-order valence-electron chi connectivity index (χ1n) is 7.26. The van der Waals surface area contributed by atoms with Crippen LogP contribution in [0.15, 0.2) is 90.1 Å². The van der Waals surface area contributed by atoms with Gasteiger partial charge in [0, 0.05) is 0 Å². The first kappa shape index (κ1) is 14.1. The molecule has 0 bridgehead atoms. The van der Waals surface area contributed by atoms with E-state index >= 15 is 0 Å². The van der Waals surface area contributed by atoms with E-state index in [-0.39, 0.29) is 0 Å². The van der Waals surface area contributed by atoms with Crippen LogP contribution in [0.25, 0.3) is 11.1 Å². The SMILES string of the molecule is C(=NOCc1ccc(-c2ccccc2)cc1)c1ccccc1. The standard InChI is InChI=1S/C20H17NO/c1-3-7-17(8-4-1)15-21-22-16-18-11-13-20(14-12-18)19-9-5-2-6-10-19/h1-15H,16H2. The summed E-state index contributed by atoms with van der Waals surface area (Å²) in [5, 5.41) is 3.99. The number of oxime groups is 1. The zero-order valence-electron chi connectivity index (χ0n) is 12.2. The fraction of sp³-hybridized carbons (Fsp3) is 0.0500. The molecular formula is C20H17NO. The summed E-state index contributed by atoms with van der Waals surface area (Å²) in [4.78, 5) is 5.34. The van der Waals surface area contributed by atoms with Crippen LogP contribution >= 0.6 is 0 Å². The lowest BCUT2D eigenvalue weighted by Crippen LogP contribution is -1.88. The lowest BCUT2D eigenvalue weighted by Gasteiger charge is -2.03. The van der Waals surface area contributed by atoms with Crippen molar-refractivity contribution in [1.29, 1.82) is 0 Å². The molecule has 0 radical (unpaired) electrons. The van der Waals surface area contributed by atoms with Gasteiger partial charge in [0.15, 0.2) is 0 Å². The minimum atomic E-state index is 0.471. The Kier molecular flexibility index (Phi) is 4.63. The van der Waals surface area contributed by atoms with E-state index in [2.05, 4.69) is 41.6 Å². The lowest BCUT2D eigenvalue weighted by molar-refractivity contribution is 0.132. The van der Waals surface area contributed by atoms with Crippen LogP contribution in [0.1, 0.15) is 11.1 Å². The van der Waals surface area contributed by atoms with Gasteiger partial charge in [-0.3, -0.25) is 0 Å². The number of benzene rings is 3. The lowest BCUT2D eigenvalue weighted by atomic mass is 10.0. The third kappa shape index (κ3) is 3.83. The molecule has 0 unspecified atom stereocenters. The molecule has 0 aliphatic heterocycles. The predicted octanol–water partition coefficient (Wildman–Crippen LogP) is 4.90. The fourth-order valence-corrected chi connectivity index (χ4v) is 2.17. The summed E-state index contributed by atoms with van der Waals surface area (Å²) < 4.78 is 0. The van der Waals surface area contributed by atoms with Crippen molar-refractivity contribution in [2.24, 2.45) is 5.16 Å². The molecule has 0 aliphatic carbocycles. The van der Waals surface area contributed by atoms with Gasteiger partial charge in [-0.25, -0.2) is 0 Å². The van der Waals surface area contributed by atoms with Crippen molar-refractivity contribution >= 4 is 6.21 Å². The normalized spacial score (nSPS) is 10.7. The highest BCUT2D eigenvalue weighted by atomic mass is 16.6. The molecule has 2 nitrogen and oxygen atoms in total. The van der Waals surface area contributed by atoms with Crippen molar-refractivity contribution < 1.29 is 4.84 Å². The Morgan fingerprint density at radius 2 is 1.27 bits per heavy atom. The zero-order chi connectivity index (χ0) is 15.0.